The van der Waals surface area contributed by atoms with E-state index in [1.165, 1.54) is 23.8 Å². The summed E-state index contributed by atoms with van der Waals surface area (Å²) >= 11 is 1.26. The van der Waals surface area contributed by atoms with Crippen LogP contribution in [-0.2, 0) is 14.6 Å². The summed E-state index contributed by atoms with van der Waals surface area (Å²) in [6, 6.07) is 9.91. The smallest absolute Gasteiger partial charge is 0.224 e. The van der Waals surface area contributed by atoms with Crippen molar-refractivity contribution in [3.63, 3.8) is 0 Å². The summed E-state index contributed by atoms with van der Waals surface area (Å²) in [5.41, 5.74) is 1.37. The number of nitrogens with one attached hydrogen (secondary N) is 1. The molecule has 4 aliphatic rings. The Labute approximate surface area is 245 Å². The zero-order valence-corrected chi connectivity index (χ0v) is 24.5. The zero-order valence-electron chi connectivity index (χ0n) is 22.9. The minimum absolute atomic E-state index is 0. The van der Waals surface area contributed by atoms with Crippen LogP contribution < -0.4 is 10.2 Å². The van der Waals surface area contributed by atoms with Gasteiger partial charge in [0.1, 0.15) is 22.2 Å². The molecule has 0 unspecified atom stereocenters. The summed E-state index contributed by atoms with van der Waals surface area (Å²) < 4.78 is 51.1. The van der Waals surface area contributed by atoms with Crippen molar-refractivity contribution in [3.8, 4) is 16.5 Å². The number of anilines is 1. The Morgan fingerprint density at radius 2 is 1.80 bits per heavy atom. The number of amides is 1. The fourth-order valence-corrected chi connectivity index (χ4v) is 7.51. The molecule has 3 fully saturated rings. The van der Waals surface area contributed by atoms with Crippen LogP contribution in [0.2, 0.25) is 0 Å². The van der Waals surface area contributed by atoms with Gasteiger partial charge in [0, 0.05) is 38.7 Å². The summed E-state index contributed by atoms with van der Waals surface area (Å²) in [5.74, 6) is -0.362. The molecule has 0 spiro atoms. The number of allylic oxidation sites excluding steroid dienone is 4. The molecule has 3 aliphatic carbocycles. The van der Waals surface area contributed by atoms with Gasteiger partial charge < -0.3 is 10.2 Å². The zero-order chi connectivity index (χ0) is 29.0. The van der Waals surface area contributed by atoms with E-state index in [1.807, 2.05) is 29.2 Å². The molecule has 6 rings (SSSR count). The van der Waals surface area contributed by atoms with Gasteiger partial charge in [0.05, 0.1) is 28.0 Å². The molecule has 2 saturated carbocycles. The van der Waals surface area contributed by atoms with Crippen LogP contribution in [0.25, 0.3) is 16.0 Å². The van der Waals surface area contributed by atoms with Crippen molar-refractivity contribution < 1.29 is 23.4 Å². The highest BCUT2D eigenvalue weighted by atomic mass is 32.2. The third-order valence-electron chi connectivity index (χ3n) is 8.08. The van der Waals surface area contributed by atoms with Crippen LogP contribution in [0.4, 0.5) is 14.5 Å². The van der Waals surface area contributed by atoms with E-state index in [-0.39, 0.29) is 36.8 Å². The molecule has 1 saturated heterocycles. The molecular formula is C30H36F2N4O3S2. The Kier molecular flexibility index (Phi) is 8.90. The molecule has 1 amide bonds. The van der Waals surface area contributed by atoms with Crippen LogP contribution >= 0.6 is 11.3 Å². The fourth-order valence-electron chi connectivity index (χ4n) is 5.32. The van der Waals surface area contributed by atoms with Gasteiger partial charge in [0.25, 0.3) is 0 Å². The van der Waals surface area contributed by atoms with Crippen LogP contribution in [0.15, 0.2) is 48.2 Å². The molecule has 0 radical (unpaired) electrons. The van der Waals surface area contributed by atoms with E-state index in [4.69, 9.17) is 5.26 Å². The Morgan fingerprint density at radius 3 is 2.41 bits per heavy atom. The standard InChI is InChI=1S/C19H18F2N2O2S2.C11H16N2O.H2/c20-15-2-1-3-16(21)18(15)19-22-12-17(26-19)13-4-6-14(7-5-13)23-8-10-27(24,25)11-9-23;12-8-11(6-7-11)13-10(14)9-4-2-1-3-5-9;/h2,4-7,12H,1,3,8-11H2;9H,1-7H2,(H,13,14);1H. The molecule has 1 aliphatic heterocycles. The summed E-state index contributed by atoms with van der Waals surface area (Å²) in [6.07, 6.45) is 10.9. The molecule has 41 heavy (non-hydrogen) atoms. The van der Waals surface area contributed by atoms with E-state index in [9.17, 15) is 22.0 Å². The highest BCUT2D eigenvalue weighted by Crippen LogP contribution is 2.39. The van der Waals surface area contributed by atoms with Gasteiger partial charge in [0.15, 0.2) is 9.84 Å². The predicted molar refractivity (Wildman–Crippen MR) is 159 cm³/mol. The van der Waals surface area contributed by atoms with Crippen molar-refractivity contribution in [2.24, 2.45) is 5.92 Å². The number of aromatic nitrogens is 1. The molecule has 1 aromatic carbocycles. The van der Waals surface area contributed by atoms with E-state index < -0.39 is 27.0 Å². The SMILES string of the molecule is N#CC1(NC(=O)C2CCCCC2)CC1.O=S1(=O)CCN(c2ccc(-c3cnc(C4=C(F)CCC=C4F)s3)cc2)CC1.[HH]. The van der Waals surface area contributed by atoms with E-state index >= 15 is 0 Å². The second kappa shape index (κ2) is 12.4. The number of halogens is 2. The predicted octanol–water partition coefficient (Wildman–Crippen LogP) is 6.36. The molecule has 1 N–H and O–H groups in total. The van der Waals surface area contributed by atoms with Crippen molar-refractivity contribution >= 4 is 38.3 Å². The highest BCUT2D eigenvalue weighted by Gasteiger charge is 2.45. The van der Waals surface area contributed by atoms with Crippen LogP contribution in [-0.4, -0.2) is 49.4 Å². The highest BCUT2D eigenvalue weighted by molar-refractivity contribution is 7.91. The molecule has 2 heterocycles. The third kappa shape index (κ3) is 7.22. The minimum Gasteiger partial charge on any atom is -0.369 e. The van der Waals surface area contributed by atoms with Gasteiger partial charge in [-0.25, -0.2) is 22.2 Å². The van der Waals surface area contributed by atoms with Gasteiger partial charge in [0.2, 0.25) is 5.91 Å². The summed E-state index contributed by atoms with van der Waals surface area (Å²) in [5, 5.41) is 12.1. The number of thiazole rings is 1. The second-order valence-electron chi connectivity index (χ2n) is 11.1. The Morgan fingerprint density at radius 1 is 1.12 bits per heavy atom. The molecular weight excluding hydrogens is 566 g/mol. The largest absolute Gasteiger partial charge is 0.369 e. The van der Waals surface area contributed by atoms with Gasteiger partial charge in [-0.15, -0.1) is 11.3 Å². The lowest BCUT2D eigenvalue weighted by atomic mass is 9.88. The molecule has 220 valence electrons. The number of rotatable bonds is 5. The lowest BCUT2D eigenvalue weighted by molar-refractivity contribution is -0.126. The minimum atomic E-state index is -2.91. The van der Waals surface area contributed by atoms with E-state index in [0.717, 1.165) is 54.7 Å². The Hall–Kier alpha value is -3.10. The second-order valence-corrected chi connectivity index (χ2v) is 14.4. The number of nitriles is 1. The monoisotopic (exact) mass is 602 g/mol. The first-order valence-corrected chi connectivity index (χ1v) is 16.8. The van der Waals surface area contributed by atoms with Crippen LogP contribution in [0.3, 0.4) is 0 Å². The van der Waals surface area contributed by atoms with Gasteiger partial charge >= 0.3 is 0 Å². The molecule has 7 nitrogen and oxygen atoms in total. The van der Waals surface area contributed by atoms with E-state index in [1.54, 1.807) is 6.20 Å². The summed E-state index contributed by atoms with van der Waals surface area (Å²) in [4.78, 5) is 18.8. The molecule has 0 atom stereocenters. The van der Waals surface area contributed by atoms with Gasteiger partial charge in [-0.05, 0) is 55.9 Å². The van der Waals surface area contributed by atoms with Crippen molar-refractivity contribution in [1.29, 1.82) is 5.26 Å². The average Bonchev–Trinajstić information content (AvgIpc) is 3.58. The maximum atomic E-state index is 14.0. The number of hydrogen-bond donors (Lipinski definition) is 1. The quantitative estimate of drug-likeness (QED) is 0.427. The first-order valence-electron chi connectivity index (χ1n) is 14.2. The maximum absolute atomic E-state index is 14.0. The van der Waals surface area contributed by atoms with Crippen LogP contribution in [0.1, 0.15) is 64.2 Å². The maximum Gasteiger partial charge on any atom is 0.224 e. The number of hydrogen-bond acceptors (Lipinski definition) is 7. The fraction of sp³-hybridized carbons (Fsp3) is 0.500. The lowest BCUT2D eigenvalue weighted by Gasteiger charge is -2.28. The van der Waals surface area contributed by atoms with Crippen molar-refractivity contribution in [2.45, 2.75) is 63.3 Å². The number of benzene rings is 1. The van der Waals surface area contributed by atoms with Crippen molar-refractivity contribution in [2.75, 3.05) is 29.5 Å². The third-order valence-corrected chi connectivity index (χ3v) is 10.8. The van der Waals surface area contributed by atoms with Crippen molar-refractivity contribution in [1.82, 2.24) is 10.3 Å². The van der Waals surface area contributed by atoms with E-state index in [2.05, 4.69) is 16.4 Å². The summed E-state index contributed by atoms with van der Waals surface area (Å²) in [7, 11) is -2.91. The van der Waals surface area contributed by atoms with Gasteiger partial charge in [-0.3, -0.25) is 4.79 Å². The molecule has 2 aromatic rings. The Bertz CT molecular complexity index is 1470. The first kappa shape index (κ1) is 29.4. The average molecular weight is 603 g/mol. The van der Waals surface area contributed by atoms with Crippen molar-refractivity contribution in [3.05, 3.63) is 53.2 Å². The lowest BCUT2D eigenvalue weighted by Crippen LogP contribution is -2.40. The van der Waals surface area contributed by atoms with Crippen LogP contribution in [0.5, 0.6) is 0 Å². The molecule has 11 heteroatoms. The number of carbonyl (C=O) groups is 1. The van der Waals surface area contributed by atoms with E-state index in [0.29, 0.717) is 24.5 Å². The molecule has 0 bridgehead atoms. The van der Waals surface area contributed by atoms with Gasteiger partial charge in [-0.2, -0.15) is 5.26 Å². The summed E-state index contributed by atoms with van der Waals surface area (Å²) in [6.45, 7) is 0.983. The number of carbonyl (C=O) groups excluding carboxylic acids is 1. The first-order chi connectivity index (χ1) is 19.7. The van der Waals surface area contributed by atoms with Crippen LogP contribution in [0, 0.1) is 17.2 Å². The Balaban J connectivity index is 0.000000228. The number of sulfone groups is 1. The topological polar surface area (TPSA) is 103 Å². The van der Waals surface area contributed by atoms with Gasteiger partial charge in [-0.1, -0.05) is 31.4 Å². The number of nitrogens with zero attached hydrogens (tertiary/aromatic N) is 3. The molecule has 1 aromatic heterocycles. The normalized spacial score (nSPS) is 21.7.